The summed E-state index contributed by atoms with van der Waals surface area (Å²) in [4.78, 5) is 16.4. The molecule has 0 bridgehead atoms. The Labute approximate surface area is 133 Å². The van der Waals surface area contributed by atoms with Crippen molar-refractivity contribution in [3.05, 3.63) is 76.8 Å². The number of hydrogen-bond acceptors (Lipinski definition) is 2. The van der Waals surface area contributed by atoms with E-state index in [1.165, 1.54) is 6.08 Å². The van der Waals surface area contributed by atoms with E-state index in [4.69, 9.17) is 22.2 Å². The van der Waals surface area contributed by atoms with E-state index in [1.54, 1.807) is 18.2 Å². The van der Waals surface area contributed by atoms with Crippen LogP contribution in [-0.2, 0) is 16.1 Å². The molecule has 2 rings (SSSR count). The third-order valence-electron chi connectivity index (χ3n) is 2.80. The van der Waals surface area contributed by atoms with Crippen molar-refractivity contribution in [1.82, 2.24) is 0 Å². The van der Waals surface area contributed by atoms with E-state index in [-0.39, 0.29) is 0 Å². The molecule has 0 heterocycles. The maximum Gasteiger partial charge on any atom is 0.380 e. The molecule has 0 atom stereocenters. The predicted octanol–water partition coefficient (Wildman–Crippen LogP) is 1.49. The van der Waals surface area contributed by atoms with Crippen LogP contribution in [0.3, 0.4) is 0 Å². The van der Waals surface area contributed by atoms with Crippen molar-refractivity contribution in [2.75, 3.05) is 0 Å². The van der Waals surface area contributed by atoms with Crippen LogP contribution in [0.25, 0.3) is 6.08 Å². The molecule has 0 spiro atoms. The second kappa shape index (κ2) is 8.00. The van der Waals surface area contributed by atoms with Gasteiger partial charge in [0.15, 0.2) is 0 Å². The number of rotatable bonds is 5. The van der Waals surface area contributed by atoms with E-state index in [1.807, 2.05) is 42.5 Å². The fraction of sp³-hybridized carbons (Fsp3) is 0.0588. The van der Waals surface area contributed by atoms with E-state index >= 15 is 0 Å². The highest BCUT2D eigenvalue weighted by atomic mass is 35.5. The molecule has 0 aromatic heterocycles. The Bertz CT molecular complexity index is 680. The largest absolute Gasteiger partial charge is 0.380 e. The van der Waals surface area contributed by atoms with Gasteiger partial charge in [0.05, 0.1) is 6.42 Å². The number of carbonyl (C=O) groups is 1. The van der Waals surface area contributed by atoms with Gasteiger partial charge in [-0.05, 0) is 29.3 Å². The van der Waals surface area contributed by atoms with Gasteiger partial charge in [-0.2, -0.15) is 0 Å². The van der Waals surface area contributed by atoms with Crippen molar-refractivity contribution in [1.29, 1.82) is 0 Å². The highest BCUT2D eigenvalue weighted by Crippen LogP contribution is 2.09. The van der Waals surface area contributed by atoms with Gasteiger partial charge in [0.1, 0.15) is 0 Å². The molecule has 0 saturated carbocycles. The molecule has 2 aromatic rings. The first-order valence-corrected chi connectivity index (χ1v) is 7.07. The van der Waals surface area contributed by atoms with Crippen molar-refractivity contribution in [2.45, 2.75) is 6.42 Å². The van der Waals surface area contributed by atoms with E-state index in [0.717, 1.165) is 11.1 Å². The van der Waals surface area contributed by atoms with Crippen molar-refractivity contribution in [3.8, 4) is 0 Å². The quantitative estimate of drug-likeness (QED) is 0.289. The third-order valence-corrected chi connectivity index (χ3v) is 3.05. The summed E-state index contributed by atoms with van der Waals surface area (Å²) in [6.45, 7) is 0. The first-order valence-electron chi connectivity index (χ1n) is 6.69. The molecule has 5 heteroatoms. The van der Waals surface area contributed by atoms with Gasteiger partial charge in [-0.1, -0.05) is 59.2 Å². The van der Waals surface area contributed by atoms with E-state index in [0.29, 0.717) is 17.3 Å². The zero-order valence-corrected chi connectivity index (χ0v) is 12.6. The van der Waals surface area contributed by atoms with Gasteiger partial charge in [0.2, 0.25) is 0 Å². The number of halogens is 1. The Morgan fingerprint density at radius 1 is 1.14 bits per heavy atom. The van der Waals surface area contributed by atoms with Crippen molar-refractivity contribution in [2.24, 2.45) is 5.73 Å². The first-order chi connectivity index (χ1) is 10.6. The lowest BCUT2D eigenvalue weighted by Gasteiger charge is -1.97. The summed E-state index contributed by atoms with van der Waals surface area (Å²) in [5, 5.41) is 3.10. The second-order valence-corrected chi connectivity index (χ2v) is 5.03. The molecule has 0 unspecified atom stereocenters. The fourth-order valence-electron chi connectivity index (χ4n) is 1.74. The van der Waals surface area contributed by atoms with Crippen LogP contribution in [0, 0.1) is 0 Å². The second-order valence-electron chi connectivity index (χ2n) is 4.60. The minimum atomic E-state index is -0.525. The average molecular weight is 316 g/mol. The van der Waals surface area contributed by atoms with Crippen LogP contribution < -0.4 is 10.9 Å². The van der Waals surface area contributed by atoms with Gasteiger partial charge in [-0.25, -0.2) is 4.79 Å². The Balaban J connectivity index is 1.86. The van der Waals surface area contributed by atoms with Crippen LogP contribution in [0.1, 0.15) is 11.1 Å². The molecule has 0 aliphatic carbocycles. The molecule has 2 aromatic carbocycles. The van der Waals surface area contributed by atoms with E-state index in [2.05, 4.69) is 5.16 Å². The summed E-state index contributed by atoms with van der Waals surface area (Å²) >= 11 is 5.81. The molecule has 0 radical (unpaired) electrons. The van der Waals surface area contributed by atoms with Gasteiger partial charge in [0, 0.05) is 11.1 Å². The summed E-state index contributed by atoms with van der Waals surface area (Å²) in [5.74, 6) is -0.188. The summed E-state index contributed by atoms with van der Waals surface area (Å²) in [5.41, 5.74) is 7.65. The minimum Gasteiger partial charge on any atom is -0.288 e. The molecule has 112 valence electrons. The van der Waals surface area contributed by atoms with Crippen LogP contribution >= 0.6 is 11.6 Å². The lowest BCUT2D eigenvalue weighted by Crippen LogP contribution is -2.75. The summed E-state index contributed by atoms with van der Waals surface area (Å²) < 4.78 is 0. The predicted molar refractivity (Wildman–Crippen MR) is 86.9 cm³/mol. The van der Waals surface area contributed by atoms with Gasteiger partial charge in [-0.15, -0.1) is 0 Å². The first kappa shape index (κ1) is 15.8. The Kier molecular flexibility index (Phi) is 5.74. The normalized spacial score (nSPS) is 11.6. The Morgan fingerprint density at radius 2 is 1.82 bits per heavy atom. The molecule has 3 N–H and O–H groups in total. The third kappa shape index (κ3) is 5.42. The van der Waals surface area contributed by atoms with Crippen LogP contribution in [0.2, 0.25) is 5.02 Å². The molecule has 0 aliphatic heterocycles. The number of nitrogens with two attached hydrogens (primary N) is 1. The molecule has 0 amide bonds. The zero-order valence-electron chi connectivity index (χ0n) is 11.8. The molecular weight excluding hydrogens is 300 g/mol. The number of nitrogens with one attached hydrogen (secondary N) is 1. The van der Waals surface area contributed by atoms with E-state index < -0.39 is 5.97 Å². The van der Waals surface area contributed by atoms with Crippen molar-refractivity contribution >= 4 is 29.5 Å². The number of carbonyl (C=O) groups excluding carboxylic acids is 1. The van der Waals surface area contributed by atoms with Gasteiger partial charge in [-0.3, -0.25) is 10.6 Å². The van der Waals surface area contributed by atoms with E-state index in [9.17, 15) is 4.79 Å². The topological polar surface area (TPSA) is 66.3 Å². The minimum absolute atomic E-state index is 0.337. The molecule has 22 heavy (non-hydrogen) atoms. The Hall–Kier alpha value is -2.59. The highest BCUT2D eigenvalue weighted by molar-refractivity contribution is 6.30. The smallest absolute Gasteiger partial charge is 0.288 e. The SMILES string of the molecule is NC(Cc1ccc(Cl)cc1)=[NH+]OC(=O)C=Cc1ccccc1. The number of amidine groups is 1. The van der Waals surface area contributed by atoms with Crippen molar-refractivity contribution < 1.29 is 14.8 Å². The zero-order chi connectivity index (χ0) is 15.8. The molecule has 0 saturated heterocycles. The van der Waals surface area contributed by atoms with Crippen LogP contribution in [0.15, 0.2) is 60.7 Å². The highest BCUT2D eigenvalue weighted by Gasteiger charge is 2.04. The summed E-state index contributed by atoms with van der Waals surface area (Å²) in [7, 11) is 0. The Morgan fingerprint density at radius 3 is 2.50 bits per heavy atom. The molecule has 4 nitrogen and oxygen atoms in total. The molecule has 0 fully saturated rings. The molecular formula is C17H16ClN2O2+. The standard InChI is InChI=1S/C17H15ClN2O2/c18-15-9-6-14(7-10-15)12-16(19)20-22-17(21)11-8-13-4-2-1-3-5-13/h1-11H,12H2,(H2,19,20)/p+1. The van der Waals surface area contributed by atoms with Crippen LogP contribution in [-0.4, -0.2) is 11.8 Å². The number of benzene rings is 2. The average Bonchev–Trinajstić information content (AvgIpc) is 2.54. The van der Waals surface area contributed by atoms with Crippen LogP contribution in [0.4, 0.5) is 0 Å². The van der Waals surface area contributed by atoms with Crippen LogP contribution in [0.5, 0.6) is 0 Å². The lowest BCUT2D eigenvalue weighted by molar-refractivity contribution is -0.723. The molecule has 0 aliphatic rings. The number of hydrogen-bond donors (Lipinski definition) is 2. The summed E-state index contributed by atoms with van der Waals surface area (Å²) in [6.07, 6.45) is 3.43. The van der Waals surface area contributed by atoms with Crippen molar-refractivity contribution in [3.63, 3.8) is 0 Å². The maximum atomic E-state index is 11.6. The summed E-state index contributed by atoms with van der Waals surface area (Å²) in [6, 6.07) is 16.7. The lowest BCUT2D eigenvalue weighted by atomic mass is 10.1. The maximum absolute atomic E-state index is 11.6. The van der Waals surface area contributed by atoms with Gasteiger partial charge < -0.3 is 0 Å². The van der Waals surface area contributed by atoms with Gasteiger partial charge in [0.25, 0.3) is 5.84 Å². The monoisotopic (exact) mass is 315 g/mol. The van der Waals surface area contributed by atoms with Gasteiger partial charge >= 0.3 is 5.97 Å². The fourth-order valence-corrected chi connectivity index (χ4v) is 1.86.